The van der Waals surface area contributed by atoms with E-state index in [1.54, 1.807) is 24.3 Å². The van der Waals surface area contributed by atoms with Crippen molar-refractivity contribution in [2.45, 2.75) is 11.0 Å². The second kappa shape index (κ2) is 7.82. The van der Waals surface area contributed by atoms with Crippen LogP contribution in [0.5, 0.6) is 0 Å². The van der Waals surface area contributed by atoms with Gasteiger partial charge in [-0.05, 0) is 11.6 Å². The van der Waals surface area contributed by atoms with Crippen LogP contribution in [0.1, 0.15) is 11.1 Å². The Hall–Kier alpha value is -0.280. The molecule has 2 rings (SSSR count). The van der Waals surface area contributed by atoms with Crippen molar-refractivity contribution in [3.8, 4) is 0 Å². The Morgan fingerprint density at radius 3 is 2.90 bits per heavy atom. The number of hydrogen-bond acceptors (Lipinski definition) is 5. The second-order valence-electron chi connectivity index (χ2n) is 4.74. The summed E-state index contributed by atoms with van der Waals surface area (Å²) in [6.45, 7) is 0.495. The highest BCUT2D eigenvalue weighted by atomic mass is 32.2. The molecule has 1 aromatic rings. The minimum Gasteiger partial charge on any atom is -0.389 e. The van der Waals surface area contributed by atoms with Gasteiger partial charge in [0, 0.05) is 34.6 Å². The summed E-state index contributed by atoms with van der Waals surface area (Å²) in [7, 11) is -3.33. The van der Waals surface area contributed by atoms with Crippen LogP contribution in [0, 0.1) is 0 Å². The summed E-state index contributed by atoms with van der Waals surface area (Å²) in [4.78, 5) is 0.276. The van der Waals surface area contributed by atoms with Crippen LogP contribution in [0.25, 0.3) is 0 Å². The highest BCUT2D eigenvalue weighted by molar-refractivity contribution is 8.06. The number of nitrogens with one attached hydrogen (secondary N) is 1. The molecule has 0 aliphatic carbocycles. The van der Waals surface area contributed by atoms with Crippen LogP contribution in [0.15, 0.2) is 24.3 Å². The average Bonchev–Trinajstić information content (AvgIpc) is 2.46. The Balaban J connectivity index is 1.93. The van der Waals surface area contributed by atoms with E-state index in [0.717, 1.165) is 17.3 Å². The van der Waals surface area contributed by atoms with Crippen molar-refractivity contribution in [3.05, 3.63) is 35.4 Å². The third kappa shape index (κ3) is 5.78. The SMILES string of the molecule is NC(=S)c1cccc(CS(=O)(=O)NCC2CSCCS2)c1. The summed E-state index contributed by atoms with van der Waals surface area (Å²) in [6, 6.07) is 7.05. The first kappa shape index (κ1) is 17.1. The second-order valence-corrected chi connectivity index (χ2v) is 9.54. The van der Waals surface area contributed by atoms with Gasteiger partial charge in [0.2, 0.25) is 10.0 Å². The van der Waals surface area contributed by atoms with Crippen molar-refractivity contribution < 1.29 is 8.42 Å². The lowest BCUT2D eigenvalue weighted by molar-refractivity contribution is 0.580. The molecule has 0 spiro atoms. The van der Waals surface area contributed by atoms with E-state index in [9.17, 15) is 8.42 Å². The number of thiocarbonyl (C=S) groups is 1. The summed E-state index contributed by atoms with van der Waals surface area (Å²) in [5, 5.41) is 0.362. The number of rotatable bonds is 6. The van der Waals surface area contributed by atoms with E-state index in [1.807, 2.05) is 23.5 Å². The summed E-state index contributed by atoms with van der Waals surface area (Å²) >= 11 is 8.62. The predicted octanol–water partition coefficient (Wildman–Crippen LogP) is 1.59. The Morgan fingerprint density at radius 2 is 2.24 bits per heavy atom. The molecule has 4 nitrogen and oxygen atoms in total. The fourth-order valence-corrected chi connectivity index (χ4v) is 5.98. The zero-order valence-electron chi connectivity index (χ0n) is 11.4. The molecule has 116 valence electrons. The molecule has 1 aromatic carbocycles. The minimum absolute atomic E-state index is 0.0476. The topological polar surface area (TPSA) is 72.2 Å². The van der Waals surface area contributed by atoms with E-state index in [4.69, 9.17) is 18.0 Å². The van der Waals surface area contributed by atoms with Gasteiger partial charge in [0.1, 0.15) is 4.99 Å². The van der Waals surface area contributed by atoms with Crippen molar-refractivity contribution in [1.29, 1.82) is 0 Å². The van der Waals surface area contributed by atoms with E-state index >= 15 is 0 Å². The largest absolute Gasteiger partial charge is 0.389 e. The standard InChI is InChI=1S/C13H18N2O2S4/c14-13(18)11-3-1-2-10(6-11)9-21(16,17)15-7-12-8-19-4-5-20-12/h1-3,6,12,15H,4-5,7-9H2,(H2,14,18). The van der Waals surface area contributed by atoms with E-state index in [0.29, 0.717) is 22.9 Å². The number of sulfonamides is 1. The van der Waals surface area contributed by atoms with Crippen LogP contribution in [0.4, 0.5) is 0 Å². The molecule has 0 radical (unpaired) electrons. The van der Waals surface area contributed by atoms with Crippen molar-refractivity contribution >= 4 is 50.8 Å². The van der Waals surface area contributed by atoms with Crippen molar-refractivity contribution in [3.63, 3.8) is 0 Å². The van der Waals surface area contributed by atoms with Crippen LogP contribution in [-0.2, 0) is 15.8 Å². The van der Waals surface area contributed by atoms with Crippen LogP contribution in [-0.4, -0.2) is 42.5 Å². The van der Waals surface area contributed by atoms with Gasteiger partial charge < -0.3 is 5.73 Å². The van der Waals surface area contributed by atoms with Gasteiger partial charge in [0.25, 0.3) is 0 Å². The predicted molar refractivity (Wildman–Crippen MR) is 96.5 cm³/mol. The van der Waals surface area contributed by atoms with Gasteiger partial charge in [-0.25, -0.2) is 13.1 Å². The van der Waals surface area contributed by atoms with Crippen molar-refractivity contribution in [2.75, 3.05) is 23.8 Å². The fraction of sp³-hybridized carbons (Fsp3) is 0.462. The molecule has 0 amide bonds. The summed E-state index contributed by atoms with van der Waals surface area (Å²) in [6.07, 6.45) is 0. The lowest BCUT2D eigenvalue weighted by atomic mass is 10.1. The smallest absolute Gasteiger partial charge is 0.215 e. The van der Waals surface area contributed by atoms with E-state index < -0.39 is 10.0 Å². The van der Waals surface area contributed by atoms with Crippen molar-refractivity contribution in [2.24, 2.45) is 5.73 Å². The number of hydrogen-bond donors (Lipinski definition) is 2. The summed E-state index contributed by atoms with van der Waals surface area (Å²) in [5.74, 6) is 3.20. The van der Waals surface area contributed by atoms with Gasteiger partial charge in [-0.2, -0.15) is 23.5 Å². The van der Waals surface area contributed by atoms with Crippen LogP contribution in [0.2, 0.25) is 0 Å². The first-order valence-corrected chi connectivity index (χ1v) is 10.8. The molecule has 1 heterocycles. The molecule has 0 aromatic heterocycles. The lowest BCUT2D eigenvalue weighted by Gasteiger charge is -2.21. The van der Waals surface area contributed by atoms with E-state index in [2.05, 4.69) is 4.72 Å². The van der Waals surface area contributed by atoms with Gasteiger partial charge >= 0.3 is 0 Å². The zero-order chi connectivity index (χ0) is 15.3. The number of benzene rings is 1. The molecule has 1 atom stereocenters. The molecule has 0 saturated carbocycles. The monoisotopic (exact) mass is 362 g/mol. The molecule has 8 heteroatoms. The molecule has 1 aliphatic heterocycles. The maximum atomic E-state index is 12.1. The number of nitrogens with two attached hydrogens (primary N) is 1. The van der Waals surface area contributed by atoms with Crippen LogP contribution >= 0.6 is 35.7 Å². The quantitative estimate of drug-likeness (QED) is 0.749. The van der Waals surface area contributed by atoms with E-state index in [-0.39, 0.29) is 10.7 Å². The van der Waals surface area contributed by atoms with Gasteiger partial charge in [0.05, 0.1) is 5.75 Å². The van der Waals surface area contributed by atoms with Crippen LogP contribution in [0.3, 0.4) is 0 Å². The molecular formula is C13H18N2O2S4. The minimum atomic E-state index is -3.33. The normalized spacial score (nSPS) is 19.3. The molecule has 3 N–H and O–H groups in total. The van der Waals surface area contributed by atoms with Crippen LogP contribution < -0.4 is 10.5 Å². The van der Waals surface area contributed by atoms with Gasteiger partial charge in [-0.1, -0.05) is 30.4 Å². The molecule has 0 bridgehead atoms. The Bertz CT molecular complexity index is 598. The zero-order valence-corrected chi connectivity index (χ0v) is 14.7. The maximum absolute atomic E-state index is 12.1. The fourth-order valence-electron chi connectivity index (χ4n) is 1.96. The third-order valence-electron chi connectivity index (χ3n) is 2.98. The van der Waals surface area contributed by atoms with Gasteiger partial charge in [0.15, 0.2) is 0 Å². The van der Waals surface area contributed by atoms with E-state index in [1.165, 1.54) is 0 Å². The molecule has 1 fully saturated rings. The molecule has 1 unspecified atom stereocenters. The summed E-state index contributed by atoms with van der Waals surface area (Å²) in [5.41, 5.74) is 6.95. The first-order valence-electron chi connectivity index (χ1n) is 6.52. The molecule has 1 saturated heterocycles. The first-order chi connectivity index (χ1) is 9.96. The molecule has 1 aliphatic rings. The Morgan fingerprint density at radius 1 is 1.43 bits per heavy atom. The van der Waals surface area contributed by atoms with Gasteiger partial charge in [-0.15, -0.1) is 0 Å². The maximum Gasteiger partial charge on any atom is 0.215 e. The van der Waals surface area contributed by atoms with Crippen molar-refractivity contribution in [1.82, 2.24) is 4.72 Å². The molecular weight excluding hydrogens is 344 g/mol. The highest BCUT2D eigenvalue weighted by Gasteiger charge is 2.18. The Labute approximate surface area is 139 Å². The third-order valence-corrected chi connectivity index (χ3v) is 7.38. The highest BCUT2D eigenvalue weighted by Crippen LogP contribution is 2.23. The Kier molecular flexibility index (Phi) is 6.36. The number of thioether (sulfide) groups is 2. The van der Waals surface area contributed by atoms with Gasteiger partial charge in [-0.3, -0.25) is 0 Å². The average molecular weight is 363 g/mol. The molecule has 21 heavy (non-hydrogen) atoms. The lowest BCUT2D eigenvalue weighted by Crippen LogP contribution is -2.34. The summed E-state index contributed by atoms with van der Waals surface area (Å²) < 4.78 is 27.0.